The molecule has 0 bridgehead atoms. The largest absolute Gasteiger partial charge is 0.494 e. The van der Waals surface area contributed by atoms with Crippen LogP contribution >= 0.6 is 0 Å². The Hall–Kier alpha value is -3.16. The molecule has 1 heterocycles. The third-order valence-electron chi connectivity index (χ3n) is 6.26. The minimum atomic E-state index is -3.61. The molecule has 6 nitrogen and oxygen atoms in total. The lowest BCUT2D eigenvalue weighted by Gasteiger charge is -2.33. The Labute approximate surface area is 201 Å². The van der Waals surface area contributed by atoms with Crippen molar-refractivity contribution in [1.82, 2.24) is 4.31 Å². The van der Waals surface area contributed by atoms with Crippen molar-refractivity contribution in [3.05, 3.63) is 78.9 Å². The van der Waals surface area contributed by atoms with E-state index in [1.54, 1.807) is 36.2 Å². The maximum atomic E-state index is 13.4. The molecule has 1 aliphatic heterocycles. The van der Waals surface area contributed by atoms with Gasteiger partial charge >= 0.3 is 0 Å². The van der Waals surface area contributed by atoms with Crippen molar-refractivity contribution >= 4 is 21.6 Å². The lowest BCUT2D eigenvalue weighted by Crippen LogP contribution is -2.43. The van der Waals surface area contributed by atoms with E-state index in [4.69, 9.17) is 4.74 Å². The summed E-state index contributed by atoms with van der Waals surface area (Å²) in [5.41, 5.74) is 2.90. The molecule has 1 fully saturated rings. The number of ether oxygens (including phenoxy) is 1. The molecule has 178 valence electrons. The fraction of sp³-hybridized carbons (Fsp3) is 0.296. The van der Waals surface area contributed by atoms with Gasteiger partial charge in [0, 0.05) is 31.6 Å². The smallest absolute Gasteiger partial charge is 0.243 e. The van der Waals surface area contributed by atoms with Crippen molar-refractivity contribution in [3.63, 3.8) is 0 Å². The summed E-state index contributed by atoms with van der Waals surface area (Å²) in [6.45, 7) is 3.05. The number of nitrogens with zero attached hydrogens (tertiary/aromatic N) is 2. The molecule has 0 saturated carbocycles. The zero-order chi connectivity index (χ0) is 24.1. The van der Waals surface area contributed by atoms with Crippen LogP contribution in [0.2, 0.25) is 0 Å². The zero-order valence-corrected chi connectivity index (χ0v) is 20.4. The molecule has 1 aliphatic rings. The first-order valence-electron chi connectivity index (χ1n) is 11.6. The quantitative estimate of drug-likeness (QED) is 0.489. The van der Waals surface area contributed by atoms with Crippen molar-refractivity contribution in [2.24, 2.45) is 5.92 Å². The summed E-state index contributed by atoms with van der Waals surface area (Å²) in [7, 11) is -1.81. The molecule has 1 amide bonds. The molecule has 1 saturated heterocycles. The van der Waals surface area contributed by atoms with E-state index in [1.807, 2.05) is 61.5 Å². The number of carbonyl (C=O) groups is 1. The molecule has 7 heteroatoms. The summed E-state index contributed by atoms with van der Waals surface area (Å²) < 4.78 is 33.0. The lowest BCUT2D eigenvalue weighted by molar-refractivity contribution is -0.123. The van der Waals surface area contributed by atoms with Crippen LogP contribution in [0.25, 0.3) is 11.1 Å². The van der Waals surface area contributed by atoms with Crippen molar-refractivity contribution in [3.8, 4) is 16.9 Å². The number of rotatable bonds is 7. The topological polar surface area (TPSA) is 66.9 Å². The molecule has 34 heavy (non-hydrogen) atoms. The molecule has 0 unspecified atom stereocenters. The average molecular weight is 479 g/mol. The molecular weight excluding hydrogens is 448 g/mol. The summed E-state index contributed by atoms with van der Waals surface area (Å²) in [6, 6.07) is 24.3. The van der Waals surface area contributed by atoms with Crippen LogP contribution in [0.1, 0.15) is 19.8 Å². The number of anilines is 1. The number of para-hydroxylation sites is 1. The average Bonchev–Trinajstić information content (AvgIpc) is 2.89. The number of piperidine rings is 1. The minimum absolute atomic E-state index is 0.0153. The van der Waals surface area contributed by atoms with E-state index in [9.17, 15) is 13.2 Å². The summed E-state index contributed by atoms with van der Waals surface area (Å²) in [5, 5.41) is 0. The van der Waals surface area contributed by atoms with E-state index in [0.29, 0.717) is 38.3 Å². The minimum Gasteiger partial charge on any atom is -0.494 e. The predicted molar refractivity (Wildman–Crippen MR) is 134 cm³/mol. The van der Waals surface area contributed by atoms with Gasteiger partial charge in [0.05, 0.1) is 17.2 Å². The Morgan fingerprint density at radius 1 is 0.941 bits per heavy atom. The van der Waals surface area contributed by atoms with E-state index < -0.39 is 10.0 Å². The summed E-state index contributed by atoms with van der Waals surface area (Å²) in [5.74, 6) is 0.437. The van der Waals surface area contributed by atoms with E-state index in [2.05, 4.69) is 0 Å². The van der Waals surface area contributed by atoms with Crippen LogP contribution in [0.3, 0.4) is 0 Å². The Morgan fingerprint density at radius 2 is 1.56 bits per heavy atom. The summed E-state index contributed by atoms with van der Waals surface area (Å²) in [6.07, 6.45) is 0.986. The highest BCUT2D eigenvalue weighted by molar-refractivity contribution is 7.89. The number of benzene rings is 3. The fourth-order valence-electron chi connectivity index (χ4n) is 4.39. The summed E-state index contributed by atoms with van der Waals surface area (Å²) in [4.78, 5) is 15.3. The highest BCUT2D eigenvalue weighted by atomic mass is 32.2. The van der Waals surface area contributed by atoms with Crippen molar-refractivity contribution in [1.29, 1.82) is 0 Å². The van der Waals surface area contributed by atoms with Crippen LogP contribution in [0, 0.1) is 5.92 Å². The van der Waals surface area contributed by atoms with Gasteiger partial charge in [0.1, 0.15) is 5.75 Å². The second kappa shape index (κ2) is 10.4. The Morgan fingerprint density at radius 3 is 2.21 bits per heavy atom. The molecule has 0 spiro atoms. The predicted octanol–water partition coefficient (Wildman–Crippen LogP) is 4.82. The molecule has 0 radical (unpaired) electrons. The second-order valence-corrected chi connectivity index (χ2v) is 10.3. The Balaban J connectivity index is 1.44. The van der Waals surface area contributed by atoms with Gasteiger partial charge in [-0.3, -0.25) is 4.79 Å². The van der Waals surface area contributed by atoms with Crippen molar-refractivity contribution in [2.45, 2.75) is 24.7 Å². The van der Waals surface area contributed by atoms with Gasteiger partial charge in [-0.15, -0.1) is 0 Å². The number of carbonyl (C=O) groups excluding carboxylic acids is 1. The molecule has 4 rings (SSSR count). The highest BCUT2D eigenvalue weighted by Gasteiger charge is 2.33. The van der Waals surface area contributed by atoms with Crippen LogP contribution in [-0.2, 0) is 14.8 Å². The number of hydrogen-bond donors (Lipinski definition) is 0. The third kappa shape index (κ3) is 5.00. The third-order valence-corrected chi connectivity index (χ3v) is 8.17. The van der Waals surface area contributed by atoms with E-state index in [0.717, 1.165) is 16.8 Å². The Bertz CT molecular complexity index is 1220. The van der Waals surface area contributed by atoms with Crippen LogP contribution in [0.15, 0.2) is 83.8 Å². The second-order valence-electron chi connectivity index (χ2n) is 8.36. The Kier molecular flexibility index (Phi) is 7.34. The van der Waals surface area contributed by atoms with Gasteiger partial charge < -0.3 is 9.64 Å². The maximum absolute atomic E-state index is 13.4. The number of sulfonamides is 1. The number of amides is 1. The van der Waals surface area contributed by atoms with Gasteiger partial charge in [0.15, 0.2) is 0 Å². The monoisotopic (exact) mass is 478 g/mol. The van der Waals surface area contributed by atoms with Gasteiger partial charge in [-0.05, 0) is 55.7 Å². The van der Waals surface area contributed by atoms with Crippen LogP contribution in [-0.4, -0.2) is 45.4 Å². The molecular formula is C27H30N2O4S. The van der Waals surface area contributed by atoms with E-state index in [1.165, 1.54) is 4.31 Å². The molecule has 0 atom stereocenters. The van der Waals surface area contributed by atoms with E-state index >= 15 is 0 Å². The van der Waals surface area contributed by atoms with Gasteiger partial charge in [-0.1, -0.05) is 48.5 Å². The van der Waals surface area contributed by atoms with Gasteiger partial charge in [0.25, 0.3) is 0 Å². The first-order valence-corrected chi connectivity index (χ1v) is 13.0. The van der Waals surface area contributed by atoms with Crippen molar-refractivity contribution < 1.29 is 17.9 Å². The molecule has 0 aromatic heterocycles. The maximum Gasteiger partial charge on any atom is 0.243 e. The molecule has 3 aromatic carbocycles. The fourth-order valence-corrected chi connectivity index (χ4v) is 5.86. The zero-order valence-electron chi connectivity index (χ0n) is 19.6. The van der Waals surface area contributed by atoms with Gasteiger partial charge in [-0.25, -0.2) is 8.42 Å². The number of hydrogen-bond acceptors (Lipinski definition) is 4. The molecule has 0 aliphatic carbocycles. The van der Waals surface area contributed by atoms with Crippen LogP contribution in [0.4, 0.5) is 5.69 Å². The first kappa shape index (κ1) is 24.0. The van der Waals surface area contributed by atoms with Crippen molar-refractivity contribution in [2.75, 3.05) is 31.6 Å². The van der Waals surface area contributed by atoms with Crippen LogP contribution in [0.5, 0.6) is 5.75 Å². The first-order chi connectivity index (χ1) is 16.4. The molecule has 0 N–H and O–H groups in total. The van der Waals surface area contributed by atoms with Gasteiger partial charge in [0.2, 0.25) is 15.9 Å². The lowest BCUT2D eigenvalue weighted by atomic mass is 9.95. The van der Waals surface area contributed by atoms with Gasteiger partial charge in [-0.2, -0.15) is 4.31 Å². The molecule has 3 aromatic rings. The summed E-state index contributed by atoms with van der Waals surface area (Å²) >= 11 is 0. The standard InChI is InChI=1S/C27H30N2O4S/c1-3-33-23-13-15-24(16-14-23)34(31,32)29-19-17-22(18-20-29)27(30)28(2)26-12-8-7-11-25(26)21-9-5-4-6-10-21/h4-16,22H,3,17-20H2,1-2H3. The SMILES string of the molecule is CCOc1ccc(S(=O)(=O)N2CCC(C(=O)N(C)c3ccccc3-c3ccccc3)CC2)cc1. The van der Waals surface area contributed by atoms with Crippen LogP contribution < -0.4 is 9.64 Å². The normalized spacial score (nSPS) is 15.1. The highest BCUT2D eigenvalue weighted by Crippen LogP contribution is 2.32. The van der Waals surface area contributed by atoms with E-state index in [-0.39, 0.29) is 16.7 Å².